The Bertz CT molecular complexity index is 779. The van der Waals surface area contributed by atoms with E-state index in [1.807, 2.05) is 84.0 Å². The second-order valence-electron chi connectivity index (χ2n) is 9.43. The minimum Gasteiger partial charge on any atom is -0.507 e. The van der Waals surface area contributed by atoms with Gasteiger partial charge in [-0.05, 0) is 51.6 Å². The number of nitrogens with one attached hydrogen (secondary N) is 1. The average Bonchev–Trinajstić information content (AvgIpc) is 2.58. The van der Waals surface area contributed by atoms with E-state index in [4.69, 9.17) is 0 Å². The molecule has 0 aromatic heterocycles. The summed E-state index contributed by atoms with van der Waals surface area (Å²) < 4.78 is 0. The molecule has 2 rings (SSSR count). The minimum atomic E-state index is -0.918. The van der Waals surface area contributed by atoms with Crippen LogP contribution in [0.5, 0.6) is 5.75 Å². The molecule has 2 aromatic rings. The van der Waals surface area contributed by atoms with Crippen molar-refractivity contribution >= 4 is 5.97 Å². The van der Waals surface area contributed by atoms with Crippen molar-refractivity contribution in [2.24, 2.45) is 0 Å². The third kappa shape index (κ3) is 5.35. The molecular formula is C24H33NO3. The molecule has 0 saturated carbocycles. The van der Waals surface area contributed by atoms with Crippen molar-refractivity contribution in [3.05, 3.63) is 64.7 Å². The molecule has 0 heterocycles. The summed E-state index contributed by atoms with van der Waals surface area (Å²) >= 11 is 0. The summed E-state index contributed by atoms with van der Waals surface area (Å²) in [5.74, 6) is -0.657. The van der Waals surface area contributed by atoms with Crippen LogP contribution in [0.3, 0.4) is 0 Å². The highest BCUT2D eigenvalue weighted by Gasteiger charge is 2.29. The Morgan fingerprint density at radius 2 is 1.46 bits per heavy atom. The molecular weight excluding hydrogens is 350 g/mol. The lowest BCUT2D eigenvalue weighted by atomic mass is 9.77. The van der Waals surface area contributed by atoms with Gasteiger partial charge in [0.2, 0.25) is 0 Å². The number of carbonyl (C=O) groups is 1. The van der Waals surface area contributed by atoms with Crippen molar-refractivity contribution in [1.29, 1.82) is 0 Å². The maximum absolute atomic E-state index is 12.0. The summed E-state index contributed by atoms with van der Waals surface area (Å²) in [5.41, 5.74) is 2.78. The Balaban J connectivity index is 2.38. The Morgan fingerprint density at radius 1 is 0.964 bits per heavy atom. The van der Waals surface area contributed by atoms with Gasteiger partial charge in [-0.3, -0.25) is 4.79 Å². The van der Waals surface area contributed by atoms with E-state index < -0.39 is 12.0 Å². The molecule has 2 aromatic carbocycles. The first-order chi connectivity index (χ1) is 12.9. The molecule has 0 saturated heterocycles. The normalized spacial score (nSPS) is 13.4. The van der Waals surface area contributed by atoms with Crippen molar-refractivity contribution in [3.63, 3.8) is 0 Å². The van der Waals surface area contributed by atoms with Gasteiger partial charge < -0.3 is 15.5 Å². The molecule has 0 aliphatic heterocycles. The number of phenolic OH excluding ortho intramolecular Hbond substituents is 1. The van der Waals surface area contributed by atoms with E-state index in [0.717, 1.165) is 23.1 Å². The molecule has 28 heavy (non-hydrogen) atoms. The molecule has 0 amide bonds. The van der Waals surface area contributed by atoms with Crippen molar-refractivity contribution in [3.8, 4) is 5.75 Å². The summed E-state index contributed by atoms with van der Waals surface area (Å²) in [4.78, 5) is 12.0. The highest BCUT2D eigenvalue weighted by atomic mass is 16.4. The second-order valence-corrected chi connectivity index (χ2v) is 9.43. The van der Waals surface area contributed by atoms with Crippen LogP contribution < -0.4 is 5.32 Å². The van der Waals surface area contributed by atoms with Gasteiger partial charge in [-0.25, -0.2) is 0 Å². The van der Waals surface area contributed by atoms with Crippen LogP contribution in [0.15, 0.2) is 42.5 Å². The molecule has 4 nitrogen and oxygen atoms in total. The van der Waals surface area contributed by atoms with E-state index in [0.29, 0.717) is 12.1 Å². The largest absolute Gasteiger partial charge is 0.507 e. The van der Waals surface area contributed by atoms with Crippen LogP contribution in [0.25, 0.3) is 0 Å². The van der Waals surface area contributed by atoms with E-state index in [1.165, 1.54) is 0 Å². The SMILES string of the molecule is CC(C)(C)c1cc(C(NCCc2ccccc2)C(=O)O)cc(C(C)(C)C)c1O. The number of hydrogen-bond acceptors (Lipinski definition) is 3. The Hall–Kier alpha value is -2.33. The Morgan fingerprint density at radius 3 is 1.89 bits per heavy atom. The van der Waals surface area contributed by atoms with E-state index in [-0.39, 0.29) is 16.6 Å². The predicted molar refractivity (Wildman–Crippen MR) is 114 cm³/mol. The van der Waals surface area contributed by atoms with Crippen molar-refractivity contribution in [2.45, 2.75) is 64.8 Å². The van der Waals surface area contributed by atoms with Crippen molar-refractivity contribution < 1.29 is 15.0 Å². The topological polar surface area (TPSA) is 69.6 Å². The summed E-state index contributed by atoms with van der Waals surface area (Å²) in [6.07, 6.45) is 0.751. The van der Waals surface area contributed by atoms with Gasteiger partial charge in [0, 0.05) is 6.54 Å². The van der Waals surface area contributed by atoms with Gasteiger partial charge in [-0.15, -0.1) is 0 Å². The molecule has 0 spiro atoms. The first-order valence-corrected chi connectivity index (χ1v) is 9.79. The standard InChI is InChI=1S/C24H33NO3/c1-23(2,3)18-14-17(15-19(21(18)26)24(4,5)6)20(22(27)28)25-13-12-16-10-8-7-9-11-16/h7-11,14-15,20,25-26H,12-13H2,1-6H3,(H,27,28). The Labute approximate surface area is 168 Å². The number of carboxylic acid groups (broad SMARTS) is 1. The molecule has 0 radical (unpaired) electrons. The van der Waals surface area contributed by atoms with Crippen LogP contribution in [0.2, 0.25) is 0 Å². The van der Waals surface area contributed by atoms with Gasteiger partial charge in [-0.1, -0.05) is 71.9 Å². The zero-order valence-corrected chi connectivity index (χ0v) is 17.8. The van der Waals surface area contributed by atoms with Crippen molar-refractivity contribution in [1.82, 2.24) is 5.32 Å². The molecule has 0 bridgehead atoms. The number of hydrogen-bond donors (Lipinski definition) is 3. The smallest absolute Gasteiger partial charge is 0.325 e. The zero-order chi connectivity index (χ0) is 21.1. The van der Waals surface area contributed by atoms with Crippen LogP contribution in [-0.2, 0) is 22.0 Å². The number of aromatic hydroxyl groups is 1. The molecule has 152 valence electrons. The number of carboxylic acids is 1. The van der Waals surface area contributed by atoms with Gasteiger partial charge in [-0.2, -0.15) is 0 Å². The quantitative estimate of drug-likeness (QED) is 0.660. The number of rotatable bonds is 6. The van der Waals surface area contributed by atoms with E-state index in [2.05, 4.69) is 5.32 Å². The van der Waals surface area contributed by atoms with Crippen LogP contribution in [-0.4, -0.2) is 22.7 Å². The second kappa shape index (κ2) is 8.36. The van der Waals surface area contributed by atoms with Gasteiger partial charge in [0.25, 0.3) is 0 Å². The lowest BCUT2D eigenvalue weighted by Gasteiger charge is -2.29. The van der Waals surface area contributed by atoms with Crippen LogP contribution in [0, 0.1) is 0 Å². The van der Waals surface area contributed by atoms with Crippen molar-refractivity contribution in [2.75, 3.05) is 6.54 Å². The van der Waals surface area contributed by atoms with Crippen LogP contribution >= 0.6 is 0 Å². The zero-order valence-electron chi connectivity index (χ0n) is 17.8. The van der Waals surface area contributed by atoms with Gasteiger partial charge >= 0.3 is 5.97 Å². The highest BCUT2D eigenvalue weighted by Crippen LogP contribution is 2.40. The highest BCUT2D eigenvalue weighted by molar-refractivity contribution is 5.76. The van der Waals surface area contributed by atoms with Gasteiger partial charge in [0.1, 0.15) is 11.8 Å². The van der Waals surface area contributed by atoms with E-state index >= 15 is 0 Å². The third-order valence-corrected chi connectivity index (χ3v) is 4.93. The first kappa shape index (κ1) is 22.0. The lowest BCUT2D eigenvalue weighted by Crippen LogP contribution is -2.31. The number of aliphatic carboxylic acids is 1. The predicted octanol–water partition coefficient (Wildman–Crippen LogP) is 4.95. The summed E-state index contributed by atoms with van der Waals surface area (Å²) in [6, 6.07) is 12.8. The van der Waals surface area contributed by atoms with E-state index in [1.54, 1.807) is 0 Å². The van der Waals surface area contributed by atoms with E-state index in [9.17, 15) is 15.0 Å². The fraction of sp³-hybridized carbons (Fsp3) is 0.458. The monoisotopic (exact) mass is 383 g/mol. The maximum atomic E-state index is 12.0. The van der Waals surface area contributed by atoms with Crippen LogP contribution in [0.1, 0.15) is 69.8 Å². The lowest BCUT2D eigenvalue weighted by molar-refractivity contribution is -0.139. The van der Waals surface area contributed by atoms with Gasteiger partial charge in [0.15, 0.2) is 0 Å². The first-order valence-electron chi connectivity index (χ1n) is 9.79. The number of benzene rings is 2. The Kier molecular flexibility index (Phi) is 6.56. The summed E-state index contributed by atoms with van der Waals surface area (Å²) in [7, 11) is 0. The molecule has 3 N–H and O–H groups in total. The molecule has 1 atom stereocenters. The van der Waals surface area contributed by atoms with Gasteiger partial charge in [0.05, 0.1) is 0 Å². The molecule has 0 aliphatic rings. The number of phenols is 1. The molecule has 4 heteroatoms. The summed E-state index contributed by atoms with van der Waals surface area (Å²) in [6.45, 7) is 12.7. The fourth-order valence-electron chi connectivity index (χ4n) is 3.32. The van der Waals surface area contributed by atoms with Crippen LogP contribution in [0.4, 0.5) is 0 Å². The maximum Gasteiger partial charge on any atom is 0.325 e. The molecule has 0 fully saturated rings. The average molecular weight is 384 g/mol. The fourth-order valence-corrected chi connectivity index (χ4v) is 3.32. The summed E-state index contributed by atoms with van der Waals surface area (Å²) in [5, 5.41) is 23.9. The third-order valence-electron chi connectivity index (χ3n) is 4.93. The minimum absolute atomic E-state index is 0.261. The molecule has 1 unspecified atom stereocenters. The molecule has 0 aliphatic carbocycles.